The van der Waals surface area contributed by atoms with Gasteiger partial charge in [-0.05, 0) is 43.6 Å². The predicted octanol–water partition coefficient (Wildman–Crippen LogP) is 1.58. The number of hydrogen-bond acceptors (Lipinski definition) is 5. The number of carbonyl (C=O) groups is 4. The van der Waals surface area contributed by atoms with E-state index >= 15 is 0 Å². The van der Waals surface area contributed by atoms with Gasteiger partial charge in [0, 0.05) is 5.92 Å². The Bertz CT molecular complexity index is 676. The van der Waals surface area contributed by atoms with Gasteiger partial charge in [0.05, 0.1) is 0 Å². The predicted molar refractivity (Wildman–Crippen MR) is 133 cm³/mol. The van der Waals surface area contributed by atoms with Gasteiger partial charge in [-0.3, -0.25) is 19.2 Å². The van der Waals surface area contributed by atoms with Gasteiger partial charge in [-0.25, -0.2) is 0 Å². The third-order valence-corrected chi connectivity index (χ3v) is 6.56. The fourth-order valence-corrected chi connectivity index (χ4v) is 4.64. The molecule has 1 rings (SSSR count). The molecular weight excluding hydrogens is 434 g/mol. The van der Waals surface area contributed by atoms with Gasteiger partial charge in [-0.1, -0.05) is 66.7 Å². The van der Waals surface area contributed by atoms with Crippen LogP contribution in [0.4, 0.5) is 0 Å². The third-order valence-electron chi connectivity index (χ3n) is 6.56. The van der Waals surface area contributed by atoms with Crippen LogP contribution in [0.5, 0.6) is 0 Å². The molecule has 0 heterocycles. The van der Waals surface area contributed by atoms with Crippen molar-refractivity contribution in [1.82, 2.24) is 16.0 Å². The molecule has 7 N–H and O–H groups in total. The molecule has 9 heteroatoms. The second-order valence-corrected chi connectivity index (χ2v) is 10.6. The van der Waals surface area contributed by atoms with Crippen LogP contribution < -0.4 is 27.4 Å². The third kappa shape index (κ3) is 10.4. The van der Waals surface area contributed by atoms with Crippen LogP contribution in [0.15, 0.2) is 0 Å². The molecule has 0 radical (unpaired) electrons. The minimum atomic E-state index is -0.828. The van der Waals surface area contributed by atoms with Crippen molar-refractivity contribution in [1.29, 1.82) is 0 Å². The molecule has 34 heavy (non-hydrogen) atoms. The molecule has 1 aliphatic rings. The molecule has 1 fully saturated rings. The quantitative estimate of drug-likeness (QED) is 0.255. The van der Waals surface area contributed by atoms with Crippen LogP contribution in [0.25, 0.3) is 0 Å². The van der Waals surface area contributed by atoms with E-state index in [-0.39, 0.29) is 30.7 Å². The molecule has 1 aliphatic carbocycles. The molecular formula is C25H47N5O4. The molecule has 196 valence electrons. The molecule has 0 spiro atoms. The summed E-state index contributed by atoms with van der Waals surface area (Å²) in [5.41, 5.74) is 11.2. The first kappa shape index (κ1) is 29.9. The standard InChI is InChI=1S/C25H47N5O4/c1-15(2)13-17(5)23(32)28-19(11-12-26)24(33)29-20(14-18-9-7-6-8-10-18)25(34)30-21(16(3)4)22(27)31/h15-21H,6-14,26H2,1-5H3,(H2,27,31)(H,28,32)(H,29,33)(H,30,34)/t17-,19?,20+,21+/m1/s1. The van der Waals surface area contributed by atoms with Gasteiger partial charge in [-0.2, -0.15) is 0 Å². The van der Waals surface area contributed by atoms with Gasteiger partial charge in [0.25, 0.3) is 0 Å². The van der Waals surface area contributed by atoms with Crippen molar-refractivity contribution in [3.63, 3.8) is 0 Å². The minimum Gasteiger partial charge on any atom is -0.368 e. The second-order valence-electron chi connectivity index (χ2n) is 10.6. The monoisotopic (exact) mass is 481 g/mol. The summed E-state index contributed by atoms with van der Waals surface area (Å²) in [5, 5.41) is 8.38. The molecule has 0 saturated heterocycles. The number of carbonyl (C=O) groups excluding carboxylic acids is 4. The first-order valence-electron chi connectivity index (χ1n) is 12.9. The number of nitrogens with one attached hydrogen (secondary N) is 3. The van der Waals surface area contributed by atoms with Crippen LogP contribution in [-0.4, -0.2) is 48.3 Å². The Morgan fingerprint density at radius 3 is 1.88 bits per heavy atom. The van der Waals surface area contributed by atoms with E-state index < -0.39 is 35.8 Å². The highest BCUT2D eigenvalue weighted by Gasteiger charge is 2.32. The van der Waals surface area contributed by atoms with E-state index in [2.05, 4.69) is 16.0 Å². The van der Waals surface area contributed by atoms with Gasteiger partial charge >= 0.3 is 0 Å². The smallest absolute Gasteiger partial charge is 0.243 e. The number of hydrogen-bond donors (Lipinski definition) is 5. The number of primary amides is 1. The van der Waals surface area contributed by atoms with Gasteiger partial charge in [0.1, 0.15) is 18.1 Å². The lowest BCUT2D eigenvalue weighted by Gasteiger charge is -2.30. The molecule has 1 saturated carbocycles. The average Bonchev–Trinajstić information content (AvgIpc) is 2.76. The van der Waals surface area contributed by atoms with E-state index in [1.54, 1.807) is 13.8 Å². The molecule has 4 atom stereocenters. The lowest BCUT2D eigenvalue weighted by Crippen LogP contribution is -2.58. The summed E-state index contributed by atoms with van der Waals surface area (Å²) in [7, 11) is 0. The van der Waals surface area contributed by atoms with Crippen molar-refractivity contribution in [3.8, 4) is 0 Å². The highest BCUT2D eigenvalue weighted by molar-refractivity contribution is 5.94. The molecule has 9 nitrogen and oxygen atoms in total. The second kappa shape index (κ2) is 15.0. The lowest BCUT2D eigenvalue weighted by atomic mass is 9.84. The largest absolute Gasteiger partial charge is 0.368 e. The Hall–Kier alpha value is -2.16. The van der Waals surface area contributed by atoms with Gasteiger partial charge in [0.15, 0.2) is 0 Å². The van der Waals surface area contributed by atoms with Crippen LogP contribution >= 0.6 is 0 Å². The van der Waals surface area contributed by atoms with Crippen molar-refractivity contribution < 1.29 is 19.2 Å². The summed E-state index contributed by atoms with van der Waals surface area (Å²) in [6, 6.07) is -2.47. The Balaban J connectivity index is 2.97. The van der Waals surface area contributed by atoms with Gasteiger partial charge in [-0.15, -0.1) is 0 Å². The minimum absolute atomic E-state index is 0.181. The zero-order valence-corrected chi connectivity index (χ0v) is 21.7. The molecule has 0 aromatic heterocycles. The summed E-state index contributed by atoms with van der Waals surface area (Å²) < 4.78 is 0. The van der Waals surface area contributed by atoms with Gasteiger partial charge < -0.3 is 27.4 Å². The summed E-state index contributed by atoms with van der Waals surface area (Å²) in [6.45, 7) is 9.73. The summed E-state index contributed by atoms with van der Waals surface area (Å²) in [6.07, 6.45) is 6.82. The first-order chi connectivity index (χ1) is 16.0. The summed E-state index contributed by atoms with van der Waals surface area (Å²) in [5.74, 6) is -1.44. The van der Waals surface area contributed by atoms with Crippen molar-refractivity contribution >= 4 is 23.6 Å². The number of rotatable bonds is 14. The SMILES string of the molecule is CC(C)C[C@@H](C)C(=O)NC(CCN)C(=O)N[C@@H](CC1CCCCC1)C(=O)N[C@H](C(N)=O)C(C)C. The van der Waals surface area contributed by atoms with Crippen molar-refractivity contribution in [2.75, 3.05) is 6.54 Å². The maximum atomic E-state index is 13.2. The Kier molecular flexibility index (Phi) is 13.1. The van der Waals surface area contributed by atoms with E-state index in [1.807, 2.05) is 20.8 Å². The van der Waals surface area contributed by atoms with E-state index in [0.29, 0.717) is 24.7 Å². The Labute approximate surface area is 204 Å². The number of amides is 4. The van der Waals surface area contributed by atoms with Crippen LogP contribution in [0.1, 0.15) is 86.0 Å². The fraction of sp³-hybridized carbons (Fsp3) is 0.840. The van der Waals surface area contributed by atoms with E-state index in [1.165, 1.54) is 6.42 Å². The maximum Gasteiger partial charge on any atom is 0.243 e. The first-order valence-corrected chi connectivity index (χ1v) is 12.9. The molecule has 0 bridgehead atoms. The topological polar surface area (TPSA) is 156 Å². The number of nitrogens with two attached hydrogens (primary N) is 2. The maximum absolute atomic E-state index is 13.2. The Morgan fingerprint density at radius 1 is 0.824 bits per heavy atom. The molecule has 1 unspecified atom stereocenters. The highest BCUT2D eigenvalue weighted by atomic mass is 16.2. The Morgan fingerprint density at radius 2 is 1.38 bits per heavy atom. The van der Waals surface area contributed by atoms with Crippen molar-refractivity contribution in [3.05, 3.63) is 0 Å². The molecule has 4 amide bonds. The lowest BCUT2D eigenvalue weighted by molar-refractivity contribution is -0.134. The highest BCUT2D eigenvalue weighted by Crippen LogP contribution is 2.27. The van der Waals surface area contributed by atoms with Crippen LogP contribution in [0.2, 0.25) is 0 Å². The summed E-state index contributed by atoms with van der Waals surface area (Å²) in [4.78, 5) is 50.8. The van der Waals surface area contributed by atoms with Crippen molar-refractivity contribution in [2.45, 2.75) is 104 Å². The van der Waals surface area contributed by atoms with E-state index in [4.69, 9.17) is 11.5 Å². The van der Waals surface area contributed by atoms with Crippen molar-refractivity contribution in [2.24, 2.45) is 35.1 Å². The normalized spacial score (nSPS) is 18.1. The molecule has 0 aromatic carbocycles. The zero-order chi connectivity index (χ0) is 25.8. The average molecular weight is 482 g/mol. The zero-order valence-electron chi connectivity index (χ0n) is 21.7. The molecule has 0 aromatic rings. The van der Waals surface area contributed by atoms with E-state index in [9.17, 15) is 19.2 Å². The van der Waals surface area contributed by atoms with Gasteiger partial charge in [0.2, 0.25) is 23.6 Å². The van der Waals surface area contributed by atoms with Crippen LogP contribution in [-0.2, 0) is 19.2 Å². The van der Waals surface area contributed by atoms with E-state index in [0.717, 1.165) is 25.7 Å². The van der Waals surface area contributed by atoms with Crippen LogP contribution in [0, 0.1) is 23.7 Å². The summed E-state index contributed by atoms with van der Waals surface area (Å²) >= 11 is 0. The molecule has 0 aliphatic heterocycles. The van der Waals surface area contributed by atoms with Crippen LogP contribution in [0.3, 0.4) is 0 Å². The fourth-order valence-electron chi connectivity index (χ4n) is 4.64.